The number of rotatable bonds is 1. The second-order valence-corrected chi connectivity index (χ2v) is 4.24. The Balaban J connectivity index is 2.55. The SMILES string of the molecule is C[C@@H]1C[C@H](C)C[C@](O)(CO)C1. The molecule has 1 rings (SSSR count). The summed E-state index contributed by atoms with van der Waals surface area (Å²) in [5.74, 6) is 1.10. The molecule has 2 nitrogen and oxygen atoms in total. The van der Waals surface area contributed by atoms with Crippen molar-refractivity contribution in [2.75, 3.05) is 6.61 Å². The molecular weight excluding hydrogens is 140 g/mol. The van der Waals surface area contributed by atoms with Crippen molar-refractivity contribution in [3.63, 3.8) is 0 Å². The van der Waals surface area contributed by atoms with Crippen molar-refractivity contribution in [2.45, 2.75) is 38.7 Å². The molecule has 0 aromatic rings. The Kier molecular flexibility index (Phi) is 2.55. The zero-order valence-corrected chi connectivity index (χ0v) is 7.38. The van der Waals surface area contributed by atoms with Crippen molar-refractivity contribution < 1.29 is 10.2 Å². The van der Waals surface area contributed by atoms with Crippen molar-refractivity contribution in [2.24, 2.45) is 11.8 Å². The van der Waals surface area contributed by atoms with Crippen LogP contribution in [-0.2, 0) is 0 Å². The molecule has 11 heavy (non-hydrogen) atoms. The Morgan fingerprint density at radius 3 is 2.09 bits per heavy atom. The Bertz CT molecular complexity index is 124. The fraction of sp³-hybridized carbons (Fsp3) is 1.00. The quantitative estimate of drug-likeness (QED) is 0.601. The summed E-state index contributed by atoms with van der Waals surface area (Å²) in [7, 11) is 0. The molecule has 0 saturated heterocycles. The van der Waals surface area contributed by atoms with Crippen LogP contribution in [0.25, 0.3) is 0 Å². The minimum Gasteiger partial charge on any atom is -0.393 e. The molecule has 1 fully saturated rings. The van der Waals surface area contributed by atoms with Gasteiger partial charge in [-0.3, -0.25) is 0 Å². The lowest BCUT2D eigenvalue weighted by Gasteiger charge is -2.37. The topological polar surface area (TPSA) is 40.5 Å². The summed E-state index contributed by atoms with van der Waals surface area (Å²) in [5, 5.41) is 18.7. The Hall–Kier alpha value is -0.0800. The summed E-state index contributed by atoms with van der Waals surface area (Å²) in [6.45, 7) is 4.19. The first-order chi connectivity index (χ1) is 5.06. The van der Waals surface area contributed by atoms with E-state index >= 15 is 0 Å². The van der Waals surface area contributed by atoms with Crippen molar-refractivity contribution in [3.8, 4) is 0 Å². The highest BCUT2D eigenvalue weighted by atomic mass is 16.3. The fourth-order valence-electron chi connectivity index (χ4n) is 2.36. The monoisotopic (exact) mass is 158 g/mol. The molecule has 0 spiro atoms. The van der Waals surface area contributed by atoms with Gasteiger partial charge in [0.25, 0.3) is 0 Å². The largest absolute Gasteiger partial charge is 0.393 e. The molecule has 66 valence electrons. The summed E-state index contributed by atoms with van der Waals surface area (Å²) >= 11 is 0. The highest BCUT2D eigenvalue weighted by molar-refractivity contribution is 4.87. The number of hydrogen-bond donors (Lipinski definition) is 2. The third-order valence-corrected chi connectivity index (χ3v) is 2.56. The third-order valence-electron chi connectivity index (χ3n) is 2.56. The van der Waals surface area contributed by atoms with Crippen LogP contribution in [0.2, 0.25) is 0 Å². The van der Waals surface area contributed by atoms with Crippen LogP contribution >= 0.6 is 0 Å². The van der Waals surface area contributed by atoms with Crippen LogP contribution in [0.4, 0.5) is 0 Å². The summed E-state index contributed by atoms with van der Waals surface area (Å²) in [6.07, 6.45) is 2.70. The molecule has 0 radical (unpaired) electrons. The first-order valence-corrected chi connectivity index (χ1v) is 4.39. The van der Waals surface area contributed by atoms with E-state index in [4.69, 9.17) is 5.11 Å². The molecule has 2 heteroatoms. The van der Waals surface area contributed by atoms with Crippen molar-refractivity contribution in [1.82, 2.24) is 0 Å². The number of aliphatic hydroxyl groups excluding tert-OH is 1. The van der Waals surface area contributed by atoms with Crippen LogP contribution in [0.3, 0.4) is 0 Å². The fourth-order valence-corrected chi connectivity index (χ4v) is 2.36. The highest BCUT2D eigenvalue weighted by Gasteiger charge is 2.35. The maximum atomic E-state index is 9.77. The predicted molar refractivity (Wildman–Crippen MR) is 44.2 cm³/mol. The van der Waals surface area contributed by atoms with E-state index in [1.165, 1.54) is 6.42 Å². The minimum absolute atomic E-state index is 0.0817. The molecule has 0 heterocycles. The smallest absolute Gasteiger partial charge is 0.0882 e. The second kappa shape index (κ2) is 3.11. The Labute approximate surface area is 68.2 Å². The van der Waals surface area contributed by atoms with E-state index in [1.807, 2.05) is 0 Å². The normalized spacial score (nSPS) is 45.8. The summed E-state index contributed by atoms with van der Waals surface area (Å²) < 4.78 is 0. The highest BCUT2D eigenvalue weighted by Crippen LogP contribution is 2.35. The van der Waals surface area contributed by atoms with Gasteiger partial charge in [-0.15, -0.1) is 0 Å². The molecule has 0 aromatic heterocycles. The Morgan fingerprint density at radius 1 is 1.27 bits per heavy atom. The van der Waals surface area contributed by atoms with Crippen LogP contribution in [0.15, 0.2) is 0 Å². The van der Waals surface area contributed by atoms with Gasteiger partial charge in [0, 0.05) is 0 Å². The van der Waals surface area contributed by atoms with Gasteiger partial charge in [0.15, 0.2) is 0 Å². The summed E-state index contributed by atoms with van der Waals surface area (Å²) in [4.78, 5) is 0. The van der Waals surface area contributed by atoms with Crippen LogP contribution < -0.4 is 0 Å². The molecule has 3 atom stereocenters. The molecule has 0 amide bonds. The van der Waals surface area contributed by atoms with Crippen molar-refractivity contribution >= 4 is 0 Å². The van der Waals surface area contributed by atoms with Gasteiger partial charge in [0.1, 0.15) is 0 Å². The predicted octanol–water partition coefficient (Wildman–Crippen LogP) is 1.17. The van der Waals surface area contributed by atoms with E-state index in [9.17, 15) is 5.11 Å². The Morgan fingerprint density at radius 2 is 1.73 bits per heavy atom. The number of hydrogen-bond acceptors (Lipinski definition) is 2. The van der Waals surface area contributed by atoms with E-state index in [2.05, 4.69) is 13.8 Å². The van der Waals surface area contributed by atoms with E-state index in [-0.39, 0.29) is 6.61 Å². The van der Waals surface area contributed by atoms with Gasteiger partial charge in [-0.05, 0) is 31.1 Å². The van der Waals surface area contributed by atoms with Gasteiger partial charge in [-0.25, -0.2) is 0 Å². The first kappa shape index (κ1) is 9.01. The van der Waals surface area contributed by atoms with Gasteiger partial charge in [0.2, 0.25) is 0 Å². The molecule has 1 saturated carbocycles. The molecule has 0 bridgehead atoms. The third kappa shape index (κ3) is 2.17. The average Bonchev–Trinajstić information content (AvgIpc) is 1.84. The lowest BCUT2D eigenvalue weighted by atomic mass is 9.74. The van der Waals surface area contributed by atoms with Crippen molar-refractivity contribution in [1.29, 1.82) is 0 Å². The average molecular weight is 158 g/mol. The zero-order valence-electron chi connectivity index (χ0n) is 7.38. The molecular formula is C9H18O2. The molecule has 0 aliphatic heterocycles. The lowest BCUT2D eigenvalue weighted by Crippen LogP contribution is -2.40. The van der Waals surface area contributed by atoms with E-state index in [1.54, 1.807) is 0 Å². The van der Waals surface area contributed by atoms with Crippen LogP contribution in [-0.4, -0.2) is 22.4 Å². The lowest BCUT2D eigenvalue weighted by molar-refractivity contribution is -0.0689. The van der Waals surface area contributed by atoms with Gasteiger partial charge < -0.3 is 10.2 Å². The van der Waals surface area contributed by atoms with E-state index in [0.717, 1.165) is 12.8 Å². The van der Waals surface area contributed by atoms with Crippen LogP contribution in [0, 0.1) is 11.8 Å². The van der Waals surface area contributed by atoms with Gasteiger partial charge in [-0.2, -0.15) is 0 Å². The second-order valence-electron chi connectivity index (χ2n) is 4.24. The van der Waals surface area contributed by atoms with Gasteiger partial charge in [-0.1, -0.05) is 13.8 Å². The van der Waals surface area contributed by atoms with Gasteiger partial charge >= 0.3 is 0 Å². The molecule has 2 N–H and O–H groups in total. The molecule has 0 unspecified atom stereocenters. The number of aliphatic hydroxyl groups is 2. The molecule has 0 aromatic carbocycles. The maximum Gasteiger partial charge on any atom is 0.0882 e. The van der Waals surface area contributed by atoms with E-state index < -0.39 is 5.60 Å². The van der Waals surface area contributed by atoms with Crippen LogP contribution in [0.1, 0.15) is 33.1 Å². The molecule has 1 aliphatic carbocycles. The summed E-state index contributed by atoms with van der Waals surface area (Å²) in [5.41, 5.74) is -0.781. The maximum absolute atomic E-state index is 9.77. The van der Waals surface area contributed by atoms with Crippen molar-refractivity contribution in [3.05, 3.63) is 0 Å². The molecule has 1 aliphatic rings. The van der Waals surface area contributed by atoms with Crippen LogP contribution in [0.5, 0.6) is 0 Å². The van der Waals surface area contributed by atoms with Gasteiger partial charge in [0.05, 0.1) is 12.2 Å². The standard InChI is InChI=1S/C9H18O2/c1-7-3-8(2)5-9(11,4-7)6-10/h7-8,10-11H,3-6H2,1-2H3/t7-,8+,9+. The van der Waals surface area contributed by atoms with E-state index in [0.29, 0.717) is 11.8 Å². The zero-order chi connectivity index (χ0) is 8.48. The summed E-state index contributed by atoms with van der Waals surface area (Å²) in [6, 6.07) is 0. The first-order valence-electron chi connectivity index (χ1n) is 4.39. The minimum atomic E-state index is -0.781.